The molecule has 0 aromatic heterocycles. The fourth-order valence-electron chi connectivity index (χ4n) is 1.91. The summed E-state index contributed by atoms with van der Waals surface area (Å²) < 4.78 is 5.69. The maximum atomic E-state index is 9.18. The molecule has 4 nitrogen and oxygen atoms in total. The van der Waals surface area contributed by atoms with Crippen molar-refractivity contribution in [2.45, 2.75) is 4.90 Å². The molecule has 0 radical (unpaired) electrons. The van der Waals surface area contributed by atoms with Gasteiger partial charge < -0.3 is 0 Å². The van der Waals surface area contributed by atoms with Crippen LogP contribution in [0.5, 0.6) is 0 Å². The molecule has 0 N–H and O–H groups in total. The summed E-state index contributed by atoms with van der Waals surface area (Å²) in [5.41, 5.74) is 3.97. The molecule has 0 bridgehead atoms. The minimum Gasteiger partial charge on any atom is -0.210 e. The molecule has 0 saturated heterocycles. The molecule has 2 aromatic carbocycles. The number of fused-ring (bicyclic) bond motifs is 3. The van der Waals surface area contributed by atoms with Crippen LogP contribution in [0, 0.1) is 0 Å². The van der Waals surface area contributed by atoms with E-state index >= 15 is 0 Å². The Morgan fingerprint density at radius 1 is 0.864 bits per heavy atom. The van der Waals surface area contributed by atoms with E-state index in [9.17, 15) is 9.59 Å². The SMILES string of the molecule is C1=Cc2ccccc2-c2ccccc2S1.O=C=NSN=C=O. The Morgan fingerprint density at radius 3 is 2.23 bits per heavy atom. The van der Waals surface area contributed by atoms with E-state index in [-0.39, 0.29) is 0 Å². The van der Waals surface area contributed by atoms with Crippen LogP contribution in [0.25, 0.3) is 17.2 Å². The number of benzene rings is 2. The molecule has 6 heteroatoms. The predicted octanol–water partition coefficient (Wildman–Crippen LogP) is 4.65. The molecule has 3 rings (SSSR count). The normalized spacial score (nSPS) is 10.5. The lowest BCUT2D eigenvalue weighted by Crippen LogP contribution is -1.82. The van der Waals surface area contributed by atoms with E-state index in [0.717, 1.165) is 0 Å². The summed E-state index contributed by atoms with van der Waals surface area (Å²) >= 11 is 2.24. The van der Waals surface area contributed by atoms with Gasteiger partial charge >= 0.3 is 0 Å². The number of carbonyl (C=O) groups excluding carboxylic acids is 2. The quantitative estimate of drug-likeness (QED) is 0.458. The maximum Gasteiger partial charge on any atom is 0.249 e. The number of hydrogen-bond donors (Lipinski definition) is 0. The van der Waals surface area contributed by atoms with Gasteiger partial charge in [0.2, 0.25) is 12.2 Å². The molecule has 1 aliphatic heterocycles. The zero-order valence-electron chi connectivity index (χ0n) is 11.3. The van der Waals surface area contributed by atoms with Crippen LogP contribution in [-0.4, -0.2) is 12.2 Å². The molecule has 1 aliphatic rings. The highest BCUT2D eigenvalue weighted by molar-refractivity contribution is 8.02. The van der Waals surface area contributed by atoms with Crippen LogP contribution in [0.2, 0.25) is 0 Å². The number of thioether (sulfide) groups is 1. The third-order valence-corrected chi connectivity index (χ3v) is 3.93. The van der Waals surface area contributed by atoms with Crippen molar-refractivity contribution in [2.75, 3.05) is 0 Å². The summed E-state index contributed by atoms with van der Waals surface area (Å²) in [6.07, 6.45) is 4.52. The van der Waals surface area contributed by atoms with E-state index in [1.165, 1.54) is 33.7 Å². The largest absolute Gasteiger partial charge is 0.249 e. The highest BCUT2D eigenvalue weighted by Gasteiger charge is 2.09. The third-order valence-electron chi connectivity index (χ3n) is 2.74. The van der Waals surface area contributed by atoms with E-state index in [2.05, 4.69) is 68.8 Å². The number of hydrogen-bond acceptors (Lipinski definition) is 6. The van der Waals surface area contributed by atoms with Crippen LogP contribution in [-0.2, 0) is 9.59 Å². The Hall–Kier alpha value is -2.36. The Labute approximate surface area is 136 Å². The van der Waals surface area contributed by atoms with E-state index in [4.69, 9.17) is 0 Å². The van der Waals surface area contributed by atoms with E-state index in [1.807, 2.05) is 0 Å². The second-order valence-corrected chi connectivity index (χ2v) is 5.43. The molecule has 0 fully saturated rings. The van der Waals surface area contributed by atoms with Crippen LogP contribution in [0.4, 0.5) is 0 Å². The van der Waals surface area contributed by atoms with Gasteiger partial charge in [-0.3, -0.25) is 0 Å². The predicted molar refractivity (Wildman–Crippen MR) is 90.6 cm³/mol. The highest BCUT2D eigenvalue weighted by atomic mass is 32.2. The van der Waals surface area contributed by atoms with Crippen molar-refractivity contribution in [3.8, 4) is 11.1 Å². The van der Waals surface area contributed by atoms with E-state index in [0.29, 0.717) is 12.1 Å². The lowest BCUT2D eigenvalue weighted by Gasteiger charge is -2.07. The molecule has 2 aromatic rings. The van der Waals surface area contributed by atoms with Crippen molar-refractivity contribution < 1.29 is 9.59 Å². The Bertz CT molecular complexity index is 761. The molecule has 0 atom stereocenters. The van der Waals surface area contributed by atoms with Crippen molar-refractivity contribution >= 4 is 42.1 Å². The van der Waals surface area contributed by atoms with Gasteiger partial charge in [0.05, 0.1) is 0 Å². The molecule has 1 heterocycles. The topological polar surface area (TPSA) is 58.9 Å². The second-order valence-electron chi connectivity index (χ2n) is 3.95. The van der Waals surface area contributed by atoms with Gasteiger partial charge in [-0.15, -0.1) is 8.80 Å². The number of isocyanates is 2. The van der Waals surface area contributed by atoms with Crippen molar-refractivity contribution in [1.82, 2.24) is 0 Å². The molecule has 0 unspecified atom stereocenters. The van der Waals surface area contributed by atoms with Crippen LogP contribution >= 0.6 is 23.9 Å². The van der Waals surface area contributed by atoms with Crippen LogP contribution in [0.15, 0.2) is 67.6 Å². The molecule has 0 amide bonds. The van der Waals surface area contributed by atoms with Crippen LogP contribution in [0.1, 0.15) is 5.56 Å². The Morgan fingerprint density at radius 2 is 1.50 bits per heavy atom. The lowest BCUT2D eigenvalue weighted by atomic mass is 10.00. The molecule has 0 spiro atoms. The van der Waals surface area contributed by atoms with Gasteiger partial charge in [0.25, 0.3) is 0 Å². The van der Waals surface area contributed by atoms with Crippen molar-refractivity contribution in [3.63, 3.8) is 0 Å². The van der Waals surface area contributed by atoms with Crippen molar-refractivity contribution in [1.29, 1.82) is 0 Å². The molecular weight excluding hydrogens is 316 g/mol. The van der Waals surface area contributed by atoms with Crippen molar-refractivity contribution in [2.24, 2.45) is 8.80 Å². The highest BCUT2D eigenvalue weighted by Crippen LogP contribution is 2.37. The molecule has 0 aliphatic carbocycles. The molecule has 0 saturated carbocycles. The standard InChI is InChI=1S/C14H10S.C2N2O2S/c1-2-6-12-11(5-1)9-10-15-14-8-4-3-7-13(12)14;5-1-3-7-4-2-6/h1-10H;. The average molecular weight is 326 g/mol. The minimum atomic E-state index is 0.456. The van der Waals surface area contributed by atoms with Crippen LogP contribution < -0.4 is 0 Å². The lowest BCUT2D eigenvalue weighted by molar-refractivity contribution is 0.566. The Kier molecular flexibility index (Phi) is 6.42. The van der Waals surface area contributed by atoms with E-state index in [1.54, 1.807) is 11.8 Å². The number of rotatable bonds is 2. The molecule has 108 valence electrons. The summed E-state index contributed by atoms with van der Waals surface area (Å²) in [4.78, 5) is 19.7. The first kappa shape index (κ1) is 16.0. The summed E-state index contributed by atoms with van der Waals surface area (Å²) in [7, 11) is 0. The smallest absolute Gasteiger partial charge is 0.210 e. The molecule has 22 heavy (non-hydrogen) atoms. The van der Waals surface area contributed by atoms with Crippen molar-refractivity contribution in [3.05, 3.63) is 59.5 Å². The van der Waals surface area contributed by atoms with Gasteiger partial charge in [0.15, 0.2) is 0 Å². The zero-order valence-corrected chi connectivity index (χ0v) is 12.9. The summed E-state index contributed by atoms with van der Waals surface area (Å²) in [6.45, 7) is 0. The minimum absolute atomic E-state index is 0.456. The maximum absolute atomic E-state index is 9.18. The fourth-order valence-corrected chi connectivity index (χ4v) is 2.84. The Balaban J connectivity index is 0.000000217. The summed E-state index contributed by atoms with van der Waals surface area (Å²) in [5, 5.41) is 2.16. The van der Waals surface area contributed by atoms with Gasteiger partial charge in [-0.05, 0) is 34.2 Å². The van der Waals surface area contributed by atoms with Gasteiger partial charge in [-0.25, -0.2) is 9.59 Å². The van der Waals surface area contributed by atoms with Gasteiger partial charge in [0, 0.05) is 4.90 Å². The summed E-state index contributed by atoms with van der Waals surface area (Å²) in [6, 6.07) is 17.1. The first-order valence-corrected chi connectivity index (χ1v) is 7.80. The van der Waals surface area contributed by atoms with Crippen LogP contribution in [0.3, 0.4) is 0 Å². The van der Waals surface area contributed by atoms with Gasteiger partial charge in [-0.2, -0.15) is 0 Å². The second kappa shape index (κ2) is 8.82. The first-order chi connectivity index (χ1) is 10.9. The first-order valence-electron chi connectivity index (χ1n) is 6.19. The molecular formula is C16H10N2O2S2. The summed E-state index contributed by atoms with van der Waals surface area (Å²) in [5.74, 6) is 0. The third kappa shape index (κ3) is 4.32. The average Bonchev–Trinajstić information content (AvgIpc) is 2.75. The fraction of sp³-hybridized carbons (Fsp3) is 0. The monoisotopic (exact) mass is 326 g/mol. The number of nitrogens with zero attached hydrogens (tertiary/aromatic N) is 2. The van der Waals surface area contributed by atoms with Gasteiger partial charge in [0.1, 0.15) is 12.1 Å². The van der Waals surface area contributed by atoms with E-state index < -0.39 is 0 Å². The van der Waals surface area contributed by atoms with Gasteiger partial charge in [-0.1, -0.05) is 54.2 Å². The zero-order chi connectivity index (χ0) is 15.6.